The molecule has 3 rings (SSSR count). The Morgan fingerprint density at radius 3 is 2.23 bits per heavy atom. The number of nitrogen functional groups attached to an aromatic ring is 1. The third kappa shape index (κ3) is 8.42. The van der Waals surface area contributed by atoms with Gasteiger partial charge < -0.3 is 11.1 Å². The molecule has 0 spiro atoms. The molecule has 0 radical (unpaired) electrons. The standard InChI is InChI=1S/C26H31N5/c27-25-29-24(22-18-14-10-6-2-1-3-7-11-15-19-22)30-26(31-25)28-23-20-16-12-8-4-5-9-13-17-21-23/h1-3,6-7,10-12,14-16,18-20H,4-5,8-9,13,17,21H2,(H3,27,28,29,30,31)/b2-1-,3-1?,6-2?,7-3-,10-6-,11-7?,14-10?,15-11-,16-12-,18-14-,19-15?,22-18?,22-19+,23-20+. The zero-order chi connectivity index (χ0) is 21.6. The first-order valence-electron chi connectivity index (χ1n) is 11.0. The quantitative estimate of drug-likeness (QED) is 0.614. The number of nitrogens with zero attached hydrogens (tertiary/aromatic N) is 3. The molecule has 1 aromatic rings. The van der Waals surface area contributed by atoms with E-state index in [1.807, 2.05) is 66.8 Å². The lowest BCUT2D eigenvalue weighted by Crippen LogP contribution is -2.09. The van der Waals surface area contributed by atoms with Crippen LogP contribution < -0.4 is 11.1 Å². The van der Waals surface area contributed by atoms with Gasteiger partial charge in [-0.05, 0) is 31.8 Å². The van der Waals surface area contributed by atoms with E-state index in [-0.39, 0.29) is 5.95 Å². The maximum Gasteiger partial charge on any atom is 0.232 e. The number of rotatable bonds is 3. The van der Waals surface area contributed by atoms with Crippen LogP contribution in [-0.2, 0) is 0 Å². The summed E-state index contributed by atoms with van der Waals surface area (Å²) in [6.07, 6.45) is 36.5. The van der Waals surface area contributed by atoms with Gasteiger partial charge in [0.2, 0.25) is 11.9 Å². The van der Waals surface area contributed by atoms with Gasteiger partial charge in [-0.1, -0.05) is 98.3 Å². The van der Waals surface area contributed by atoms with Gasteiger partial charge in [-0.25, -0.2) is 0 Å². The maximum atomic E-state index is 6.03. The summed E-state index contributed by atoms with van der Waals surface area (Å²) in [5, 5.41) is 3.37. The Morgan fingerprint density at radius 2 is 1.39 bits per heavy atom. The first kappa shape index (κ1) is 22.2. The highest BCUT2D eigenvalue weighted by molar-refractivity contribution is 5.72. The van der Waals surface area contributed by atoms with Crippen LogP contribution in [0.2, 0.25) is 0 Å². The van der Waals surface area contributed by atoms with E-state index in [0.29, 0.717) is 11.8 Å². The molecule has 160 valence electrons. The van der Waals surface area contributed by atoms with Crippen LogP contribution in [0.15, 0.2) is 90.8 Å². The maximum absolute atomic E-state index is 6.03. The summed E-state index contributed by atoms with van der Waals surface area (Å²) in [6.45, 7) is 0. The van der Waals surface area contributed by atoms with Crippen LogP contribution in [0.25, 0.3) is 5.57 Å². The van der Waals surface area contributed by atoms with Crippen molar-refractivity contribution in [3.05, 3.63) is 96.6 Å². The van der Waals surface area contributed by atoms with E-state index in [1.54, 1.807) is 0 Å². The molecule has 0 bridgehead atoms. The molecule has 1 aromatic heterocycles. The van der Waals surface area contributed by atoms with Gasteiger partial charge in [0, 0.05) is 11.3 Å². The second-order valence-electron chi connectivity index (χ2n) is 7.41. The van der Waals surface area contributed by atoms with Crippen LogP contribution >= 0.6 is 0 Å². The van der Waals surface area contributed by atoms with Crippen molar-refractivity contribution in [2.24, 2.45) is 0 Å². The van der Waals surface area contributed by atoms with Crippen molar-refractivity contribution in [3.63, 3.8) is 0 Å². The molecular formula is C26H31N5. The summed E-state index contributed by atoms with van der Waals surface area (Å²) in [5.74, 6) is 1.21. The predicted molar refractivity (Wildman–Crippen MR) is 131 cm³/mol. The average molecular weight is 414 g/mol. The second-order valence-corrected chi connectivity index (χ2v) is 7.41. The Bertz CT molecular complexity index is 958. The lowest BCUT2D eigenvalue weighted by molar-refractivity contribution is 0.618. The summed E-state index contributed by atoms with van der Waals surface area (Å²) >= 11 is 0. The van der Waals surface area contributed by atoms with Gasteiger partial charge in [-0.3, -0.25) is 0 Å². The van der Waals surface area contributed by atoms with Crippen molar-refractivity contribution in [2.45, 2.75) is 44.9 Å². The molecule has 1 heterocycles. The number of aromatic nitrogens is 3. The van der Waals surface area contributed by atoms with Crippen molar-refractivity contribution >= 4 is 17.5 Å². The number of nitrogens with one attached hydrogen (secondary N) is 1. The number of anilines is 2. The fraction of sp³-hybridized carbons (Fsp3) is 0.269. The van der Waals surface area contributed by atoms with E-state index >= 15 is 0 Å². The second kappa shape index (κ2) is 13.0. The third-order valence-corrected chi connectivity index (χ3v) is 4.87. The van der Waals surface area contributed by atoms with Crippen LogP contribution in [0, 0.1) is 0 Å². The smallest absolute Gasteiger partial charge is 0.232 e. The summed E-state index contributed by atoms with van der Waals surface area (Å²) in [6, 6.07) is 0. The van der Waals surface area contributed by atoms with Crippen molar-refractivity contribution in [2.75, 3.05) is 11.1 Å². The van der Waals surface area contributed by atoms with Gasteiger partial charge >= 0.3 is 0 Å². The molecule has 0 fully saturated rings. The van der Waals surface area contributed by atoms with E-state index in [0.717, 1.165) is 30.5 Å². The fourth-order valence-electron chi connectivity index (χ4n) is 3.27. The highest BCUT2D eigenvalue weighted by atomic mass is 15.2. The Labute approximate surface area is 185 Å². The van der Waals surface area contributed by atoms with Crippen LogP contribution in [0.5, 0.6) is 0 Å². The van der Waals surface area contributed by atoms with Crippen molar-refractivity contribution in [1.29, 1.82) is 0 Å². The number of hydrogen-bond acceptors (Lipinski definition) is 5. The van der Waals surface area contributed by atoms with Gasteiger partial charge in [0.05, 0.1) is 0 Å². The zero-order valence-corrected chi connectivity index (χ0v) is 18.0. The Balaban J connectivity index is 1.84. The topological polar surface area (TPSA) is 76.7 Å². The van der Waals surface area contributed by atoms with Gasteiger partial charge in [0.1, 0.15) is 0 Å². The third-order valence-electron chi connectivity index (χ3n) is 4.87. The van der Waals surface area contributed by atoms with Crippen molar-refractivity contribution in [1.82, 2.24) is 15.0 Å². The number of hydrogen-bond donors (Lipinski definition) is 2. The Kier molecular flexibility index (Phi) is 9.29. The minimum absolute atomic E-state index is 0.197. The van der Waals surface area contributed by atoms with E-state index < -0.39 is 0 Å². The van der Waals surface area contributed by atoms with Crippen molar-refractivity contribution in [3.8, 4) is 0 Å². The molecular weight excluding hydrogens is 382 g/mol. The molecule has 2 aliphatic rings. The molecule has 0 atom stereocenters. The lowest BCUT2D eigenvalue weighted by atomic mass is 10.1. The molecule has 0 aromatic carbocycles. The van der Waals surface area contributed by atoms with Crippen LogP contribution in [0.3, 0.4) is 0 Å². The largest absolute Gasteiger partial charge is 0.368 e. The first-order chi connectivity index (χ1) is 15.3. The molecule has 0 saturated carbocycles. The summed E-state index contributed by atoms with van der Waals surface area (Å²) < 4.78 is 0. The van der Waals surface area contributed by atoms with Gasteiger partial charge in [0.25, 0.3) is 0 Å². The highest BCUT2D eigenvalue weighted by Gasteiger charge is 2.09. The minimum atomic E-state index is 0.197. The summed E-state index contributed by atoms with van der Waals surface area (Å²) in [7, 11) is 0. The molecule has 3 N–H and O–H groups in total. The Hall–Kier alpha value is -3.47. The molecule has 31 heavy (non-hydrogen) atoms. The number of allylic oxidation sites excluding steroid dienone is 16. The van der Waals surface area contributed by atoms with Gasteiger partial charge in [-0.15, -0.1) is 0 Å². The van der Waals surface area contributed by atoms with Crippen LogP contribution in [0.1, 0.15) is 50.8 Å². The van der Waals surface area contributed by atoms with E-state index in [1.165, 1.54) is 25.7 Å². The van der Waals surface area contributed by atoms with Crippen LogP contribution in [0.4, 0.5) is 11.9 Å². The number of nitrogens with two attached hydrogens (primary N) is 1. The molecule has 0 aliphatic heterocycles. The Morgan fingerprint density at radius 1 is 0.677 bits per heavy atom. The summed E-state index contributed by atoms with van der Waals surface area (Å²) in [4.78, 5) is 13.3. The summed E-state index contributed by atoms with van der Waals surface area (Å²) in [5.41, 5.74) is 7.97. The van der Waals surface area contributed by atoms with E-state index in [2.05, 4.69) is 38.5 Å². The zero-order valence-electron chi connectivity index (χ0n) is 18.0. The molecule has 0 amide bonds. The van der Waals surface area contributed by atoms with Gasteiger partial charge in [0.15, 0.2) is 5.82 Å². The molecule has 5 heteroatoms. The molecule has 0 unspecified atom stereocenters. The fourth-order valence-corrected chi connectivity index (χ4v) is 3.27. The predicted octanol–water partition coefficient (Wildman–Crippen LogP) is 6.23. The van der Waals surface area contributed by atoms with E-state index in [4.69, 9.17) is 5.73 Å². The van der Waals surface area contributed by atoms with E-state index in [9.17, 15) is 0 Å². The highest BCUT2D eigenvalue weighted by Crippen LogP contribution is 2.19. The first-order valence-corrected chi connectivity index (χ1v) is 11.0. The SMILES string of the molecule is Nc1nc(N/C2=C/C=C\CCCCCCC2)nc(C2=C/C=C\C=C/C=C\C=C/C=C\2)n1. The van der Waals surface area contributed by atoms with Gasteiger partial charge in [-0.2, -0.15) is 15.0 Å². The van der Waals surface area contributed by atoms with Crippen LogP contribution in [-0.4, -0.2) is 15.0 Å². The monoisotopic (exact) mass is 413 g/mol. The molecule has 0 saturated heterocycles. The minimum Gasteiger partial charge on any atom is -0.368 e. The lowest BCUT2D eigenvalue weighted by Gasteiger charge is -2.11. The average Bonchev–Trinajstić information content (AvgIpc) is 2.80. The molecule has 2 aliphatic carbocycles. The van der Waals surface area contributed by atoms with Crippen molar-refractivity contribution < 1.29 is 0 Å². The normalized spacial score (nSPS) is 27.4. The molecule has 5 nitrogen and oxygen atoms in total.